The van der Waals surface area contributed by atoms with E-state index in [9.17, 15) is 24.6 Å². The molecule has 2 amide bonds. The van der Waals surface area contributed by atoms with Crippen LogP contribution in [-0.2, 0) is 19.1 Å². The Kier molecular flexibility index (Phi) is 17.5. The minimum Gasteiger partial charge on any atom is -0.458 e. The van der Waals surface area contributed by atoms with Gasteiger partial charge < -0.3 is 30.7 Å². The van der Waals surface area contributed by atoms with E-state index >= 15 is 0 Å². The average Bonchev–Trinajstić information content (AvgIpc) is 2.89. The zero-order valence-corrected chi connectivity index (χ0v) is 25.5. The van der Waals surface area contributed by atoms with E-state index in [1.54, 1.807) is 24.4 Å². The lowest BCUT2D eigenvalue weighted by Crippen LogP contribution is -2.40. The quantitative estimate of drug-likeness (QED) is 0.145. The fraction of sp³-hybridized carbons (Fsp3) is 0.485. The number of rotatable bonds is 6. The molecule has 0 saturated carbocycles. The number of aliphatic hydroxyl groups excluding tert-OH is 2. The first-order chi connectivity index (χ1) is 19.9. The summed E-state index contributed by atoms with van der Waals surface area (Å²) in [5.74, 6) is -0.755. The SMILES string of the molecule is CC(C)=CC(=O)N/C=C/C(C)=C/[C@@H](C)[C@H]1C/C(C)=C/C=C/CCC[C@@H](OC(N)=O)[C@@H](O)C(O)/C=C/CCC=CC(=O)O1. The molecular formula is C33H48N2O7. The minimum atomic E-state index is -1.32. The second-order valence-corrected chi connectivity index (χ2v) is 10.7. The van der Waals surface area contributed by atoms with Crippen molar-refractivity contribution in [2.45, 2.75) is 97.6 Å². The predicted molar refractivity (Wildman–Crippen MR) is 165 cm³/mol. The highest BCUT2D eigenvalue weighted by Crippen LogP contribution is 2.21. The Balaban J connectivity index is 3.06. The highest BCUT2D eigenvalue weighted by Gasteiger charge is 2.27. The molecule has 1 unspecified atom stereocenters. The number of hydrogen-bond donors (Lipinski definition) is 4. The number of allylic oxidation sites excluding steroid dienone is 8. The van der Waals surface area contributed by atoms with Gasteiger partial charge in [-0.05, 0) is 65.9 Å². The van der Waals surface area contributed by atoms with Gasteiger partial charge in [-0.3, -0.25) is 4.79 Å². The van der Waals surface area contributed by atoms with Crippen LogP contribution >= 0.6 is 0 Å². The summed E-state index contributed by atoms with van der Waals surface area (Å²) < 4.78 is 10.9. The third-order valence-electron chi connectivity index (χ3n) is 6.36. The zero-order valence-electron chi connectivity index (χ0n) is 25.5. The number of carbonyl (C=O) groups is 3. The maximum Gasteiger partial charge on any atom is 0.404 e. The molecule has 9 nitrogen and oxygen atoms in total. The lowest BCUT2D eigenvalue weighted by Gasteiger charge is -2.24. The third kappa shape index (κ3) is 16.5. The molecule has 0 fully saturated rings. The van der Waals surface area contributed by atoms with Crippen molar-refractivity contribution in [1.29, 1.82) is 0 Å². The monoisotopic (exact) mass is 584 g/mol. The van der Waals surface area contributed by atoms with Crippen LogP contribution in [0.5, 0.6) is 0 Å². The van der Waals surface area contributed by atoms with Crippen LogP contribution in [0.3, 0.4) is 0 Å². The van der Waals surface area contributed by atoms with Crippen LogP contribution < -0.4 is 11.1 Å². The highest BCUT2D eigenvalue weighted by molar-refractivity contribution is 5.88. The van der Waals surface area contributed by atoms with Gasteiger partial charge >= 0.3 is 12.1 Å². The summed E-state index contributed by atoms with van der Waals surface area (Å²) in [6.45, 7) is 9.58. The first kappa shape index (κ1) is 36.3. The highest BCUT2D eigenvalue weighted by atomic mass is 16.6. The van der Waals surface area contributed by atoms with E-state index in [4.69, 9.17) is 15.2 Å². The van der Waals surface area contributed by atoms with Crippen molar-refractivity contribution in [2.75, 3.05) is 0 Å². The number of amides is 2. The van der Waals surface area contributed by atoms with E-state index in [2.05, 4.69) is 5.32 Å². The van der Waals surface area contributed by atoms with Crippen LogP contribution in [0.25, 0.3) is 0 Å². The maximum atomic E-state index is 12.6. The number of aliphatic hydroxyl groups is 2. The van der Waals surface area contributed by atoms with E-state index in [0.717, 1.165) is 16.7 Å². The standard InChI is InChI=1S/C33H48N2O7/c1-23(2)20-30(37)35-19-18-25(4)21-26(5)29-22-24(3)14-10-6-8-12-16-28(42-33(34)40)32(39)27(36)15-11-7-9-13-17-31(38)41-29/h6,10-11,13-15,17-21,26-29,32,36,39H,7-9,12,16,22H2,1-5H3,(H2,34,40)(H,35,37)/b10-6+,15-11+,17-13?,19-18+,24-14+,25-21+/t26-,27?,28-,29-,32+/m1/s1. The summed E-state index contributed by atoms with van der Waals surface area (Å²) in [5.41, 5.74) is 8.00. The molecule has 232 valence electrons. The molecule has 9 heteroatoms. The molecule has 1 heterocycles. The number of nitrogens with one attached hydrogen (secondary N) is 1. The molecular weight excluding hydrogens is 536 g/mol. The molecule has 0 aromatic heterocycles. The van der Waals surface area contributed by atoms with Crippen LogP contribution in [0.1, 0.15) is 73.1 Å². The van der Waals surface area contributed by atoms with Gasteiger partial charge in [-0.2, -0.15) is 0 Å². The van der Waals surface area contributed by atoms with Crippen LogP contribution in [0.4, 0.5) is 4.79 Å². The van der Waals surface area contributed by atoms with Crippen molar-refractivity contribution in [1.82, 2.24) is 5.32 Å². The summed E-state index contributed by atoms with van der Waals surface area (Å²) in [7, 11) is 0. The van der Waals surface area contributed by atoms with Crippen LogP contribution in [-0.4, -0.2) is 52.6 Å². The van der Waals surface area contributed by atoms with Crippen LogP contribution in [0.15, 0.2) is 83.7 Å². The summed E-state index contributed by atoms with van der Waals surface area (Å²) in [6.07, 6.45) is 17.2. The average molecular weight is 585 g/mol. The molecule has 0 aromatic rings. The molecule has 0 bridgehead atoms. The van der Waals surface area contributed by atoms with Crippen molar-refractivity contribution < 1.29 is 34.1 Å². The molecule has 0 saturated heterocycles. The molecule has 1 aliphatic heterocycles. The van der Waals surface area contributed by atoms with Crippen molar-refractivity contribution in [3.05, 3.63) is 83.7 Å². The topological polar surface area (TPSA) is 148 Å². The summed E-state index contributed by atoms with van der Waals surface area (Å²) in [6, 6.07) is 0. The molecule has 0 radical (unpaired) electrons. The van der Waals surface area contributed by atoms with Gasteiger partial charge in [0, 0.05) is 30.7 Å². The Labute approximate surface area is 250 Å². The summed E-state index contributed by atoms with van der Waals surface area (Å²) >= 11 is 0. The Morgan fingerprint density at radius 3 is 2.55 bits per heavy atom. The Morgan fingerprint density at radius 1 is 1.14 bits per heavy atom. The van der Waals surface area contributed by atoms with E-state index in [1.807, 2.05) is 58.9 Å². The number of cyclic esters (lactones) is 1. The van der Waals surface area contributed by atoms with E-state index in [0.29, 0.717) is 38.5 Å². The predicted octanol–water partition coefficient (Wildman–Crippen LogP) is 5.23. The van der Waals surface area contributed by atoms with E-state index in [-0.39, 0.29) is 11.8 Å². The van der Waals surface area contributed by atoms with Gasteiger partial charge in [-0.15, -0.1) is 0 Å². The van der Waals surface area contributed by atoms with Gasteiger partial charge in [0.05, 0.1) is 0 Å². The first-order valence-corrected chi connectivity index (χ1v) is 14.4. The Morgan fingerprint density at radius 2 is 1.86 bits per heavy atom. The summed E-state index contributed by atoms with van der Waals surface area (Å²) in [4.78, 5) is 35.8. The number of nitrogens with two attached hydrogens (primary N) is 1. The van der Waals surface area contributed by atoms with Gasteiger partial charge in [0.25, 0.3) is 0 Å². The Bertz CT molecular complexity index is 1090. The number of carbonyl (C=O) groups excluding carboxylic acids is 3. The van der Waals surface area contributed by atoms with E-state index in [1.165, 1.54) is 18.2 Å². The second-order valence-electron chi connectivity index (χ2n) is 10.7. The first-order valence-electron chi connectivity index (χ1n) is 14.4. The lowest BCUT2D eigenvalue weighted by atomic mass is 9.95. The number of hydrogen-bond acceptors (Lipinski definition) is 7. The van der Waals surface area contributed by atoms with Crippen LogP contribution in [0, 0.1) is 5.92 Å². The molecule has 1 rings (SSSR count). The lowest BCUT2D eigenvalue weighted by molar-refractivity contribution is -0.144. The van der Waals surface area contributed by atoms with Crippen molar-refractivity contribution in [2.24, 2.45) is 11.7 Å². The molecule has 1 aliphatic rings. The molecule has 5 atom stereocenters. The third-order valence-corrected chi connectivity index (χ3v) is 6.36. The van der Waals surface area contributed by atoms with Crippen molar-refractivity contribution >= 4 is 18.0 Å². The molecule has 0 aromatic carbocycles. The van der Waals surface area contributed by atoms with Gasteiger partial charge in [-0.25, -0.2) is 9.59 Å². The smallest absolute Gasteiger partial charge is 0.404 e. The minimum absolute atomic E-state index is 0.108. The fourth-order valence-electron chi connectivity index (χ4n) is 4.20. The van der Waals surface area contributed by atoms with Gasteiger partial charge in [0.2, 0.25) is 5.91 Å². The van der Waals surface area contributed by atoms with Gasteiger partial charge in [0.15, 0.2) is 0 Å². The number of primary amides is 1. The summed E-state index contributed by atoms with van der Waals surface area (Å²) in [5, 5.41) is 23.5. The van der Waals surface area contributed by atoms with Gasteiger partial charge in [-0.1, -0.05) is 66.2 Å². The van der Waals surface area contributed by atoms with E-state index < -0.39 is 36.5 Å². The molecule has 0 spiro atoms. The zero-order chi connectivity index (χ0) is 31.5. The normalized spacial score (nSPS) is 27.1. The maximum absolute atomic E-state index is 12.6. The van der Waals surface area contributed by atoms with Gasteiger partial charge in [0.1, 0.15) is 24.4 Å². The largest absolute Gasteiger partial charge is 0.458 e. The molecule has 0 aliphatic carbocycles. The van der Waals surface area contributed by atoms with Crippen molar-refractivity contribution in [3.8, 4) is 0 Å². The number of ether oxygens (including phenoxy) is 2. The molecule has 5 N–H and O–H groups in total. The Hall–Kier alpha value is -3.69. The van der Waals surface area contributed by atoms with Crippen LogP contribution in [0.2, 0.25) is 0 Å². The van der Waals surface area contributed by atoms with Crippen molar-refractivity contribution in [3.63, 3.8) is 0 Å². The second kappa shape index (κ2) is 20.2. The fourth-order valence-corrected chi connectivity index (χ4v) is 4.20. The molecule has 42 heavy (non-hydrogen) atoms. The number of esters is 1.